The number of benzene rings is 1. The minimum absolute atomic E-state index is 0.0527. The van der Waals surface area contributed by atoms with Crippen molar-refractivity contribution in [1.29, 1.82) is 0 Å². The van der Waals surface area contributed by atoms with Crippen LogP contribution in [0.25, 0.3) is 0 Å². The number of carbonyl (C=O) groups is 1. The smallest absolute Gasteiger partial charge is 0.258 e. The molecule has 1 atom stereocenters. The standard InChI is InChI=1S/C16H24BrNO2/c1-12(2)7-6-8-13(3)18-16(19)11-20-15-10-5-4-9-14(15)17/h4-5,9-10,12-13H,6-8,11H2,1-3H3,(H,18,19). The molecule has 1 N–H and O–H groups in total. The van der Waals surface area contributed by atoms with E-state index in [2.05, 4.69) is 35.1 Å². The van der Waals surface area contributed by atoms with Gasteiger partial charge in [-0.2, -0.15) is 0 Å². The largest absolute Gasteiger partial charge is 0.483 e. The number of rotatable bonds is 8. The van der Waals surface area contributed by atoms with Gasteiger partial charge in [0.1, 0.15) is 5.75 Å². The summed E-state index contributed by atoms with van der Waals surface area (Å²) in [5, 5.41) is 2.96. The molecule has 1 aromatic rings. The molecule has 0 saturated carbocycles. The van der Waals surface area contributed by atoms with Crippen molar-refractivity contribution in [2.24, 2.45) is 5.92 Å². The molecule has 0 heterocycles. The van der Waals surface area contributed by atoms with Crippen LogP contribution in [0.3, 0.4) is 0 Å². The Kier molecular flexibility index (Phi) is 7.67. The van der Waals surface area contributed by atoms with Gasteiger partial charge in [-0.15, -0.1) is 0 Å². The van der Waals surface area contributed by atoms with Gasteiger partial charge in [-0.3, -0.25) is 4.79 Å². The quantitative estimate of drug-likeness (QED) is 0.770. The van der Waals surface area contributed by atoms with Crippen LogP contribution in [0.1, 0.15) is 40.0 Å². The van der Waals surface area contributed by atoms with Crippen molar-refractivity contribution < 1.29 is 9.53 Å². The monoisotopic (exact) mass is 341 g/mol. The Bertz CT molecular complexity index is 421. The summed E-state index contributed by atoms with van der Waals surface area (Å²) in [4.78, 5) is 11.8. The SMILES string of the molecule is CC(C)CCCC(C)NC(=O)COc1ccccc1Br. The number of nitrogens with one attached hydrogen (secondary N) is 1. The maximum absolute atomic E-state index is 11.8. The number of amides is 1. The molecule has 1 unspecified atom stereocenters. The minimum atomic E-state index is -0.0715. The third-order valence-electron chi connectivity index (χ3n) is 3.02. The fourth-order valence-electron chi connectivity index (χ4n) is 1.93. The number of hydrogen-bond acceptors (Lipinski definition) is 2. The Morgan fingerprint density at radius 1 is 1.25 bits per heavy atom. The first-order valence-electron chi connectivity index (χ1n) is 7.15. The van der Waals surface area contributed by atoms with Gasteiger partial charge in [0.2, 0.25) is 0 Å². The lowest BCUT2D eigenvalue weighted by Crippen LogP contribution is -2.36. The van der Waals surface area contributed by atoms with E-state index in [1.165, 1.54) is 6.42 Å². The number of halogens is 1. The van der Waals surface area contributed by atoms with E-state index in [0.717, 1.165) is 23.2 Å². The van der Waals surface area contributed by atoms with E-state index in [0.29, 0.717) is 5.75 Å². The first-order chi connectivity index (χ1) is 9.49. The highest BCUT2D eigenvalue weighted by Gasteiger charge is 2.09. The van der Waals surface area contributed by atoms with Gasteiger partial charge in [0, 0.05) is 6.04 Å². The lowest BCUT2D eigenvalue weighted by molar-refractivity contribution is -0.123. The van der Waals surface area contributed by atoms with E-state index in [-0.39, 0.29) is 18.6 Å². The molecule has 1 aromatic carbocycles. The van der Waals surface area contributed by atoms with Gasteiger partial charge in [0.25, 0.3) is 5.91 Å². The topological polar surface area (TPSA) is 38.3 Å². The second-order valence-electron chi connectivity index (χ2n) is 5.51. The Labute approximate surface area is 130 Å². The first-order valence-corrected chi connectivity index (χ1v) is 7.95. The molecule has 1 rings (SSSR count). The van der Waals surface area contributed by atoms with Gasteiger partial charge in [-0.05, 0) is 47.3 Å². The van der Waals surface area contributed by atoms with Gasteiger partial charge in [-0.1, -0.05) is 38.8 Å². The maximum atomic E-state index is 11.8. The van der Waals surface area contributed by atoms with Crippen LogP contribution >= 0.6 is 15.9 Å². The normalized spacial score (nSPS) is 12.2. The molecule has 0 fully saturated rings. The summed E-state index contributed by atoms with van der Waals surface area (Å²) < 4.78 is 6.34. The van der Waals surface area contributed by atoms with Crippen molar-refractivity contribution in [3.05, 3.63) is 28.7 Å². The van der Waals surface area contributed by atoms with Crippen LogP contribution in [0.15, 0.2) is 28.7 Å². The van der Waals surface area contributed by atoms with Crippen LogP contribution < -0.4 is 10.1 Å². The number of para-hydroxylation sites is 1. The minimum Gasteiger partial charge on any atom is -0.483 e. The fourth-order valence-corrected chi connectivity index (χ4v) is 2.33. The molecule has 1 amide bonds. The summed E-state index contributed by atoms with van der Waals surface area (Å²) in [6, 6.07) is 7.72. The predicted molar refractivity (Wildman–Crippen MR) is 85.9 cm³/mol. The van der Waals surface area contributed by atoms with Crippen molar-refractivity contribution in [2.75, 3.05) is 6.61 Å². The zero-order chi connectivity index (χ0) is 15.0. The molecule has 0 saturated heterocycles. The van der Waals surface area contributed by atoms with Crippen LogP contribution in [-0.2, 0) is 4.79 Å². The van der Waals surface area contributed by atoms with Crippen LogP contribution in [0.2, 0.25) is 0 Å². The Hall–Kier alpha value is -1.03. The average Bonchev–Trinajstić information content (AvgIpc) is 2.37. The van der Waals surface area contributed by atoms with Crippen molar-refractivity contribution in [1.82, 2.24) is 5.32 Å². The van der Waals surface area contributed by atoms with Crippen molar-refractivity contribution in [2.45, 2.75) is 46.1 Å². The molecule has 3 nitrogen and oxygen atoms in total. The van der Waals surface area contributed by atoms with Gasteiger partial charge in [0.15, 0.2) is 6.61 Å². The van der Waals surface area contributed by atoms with E-state index in [4.69, 9.17) is 4.74 Å². The molecule has 0 radical (unpaired) electrons. The van der Waals surface area contributed by atoms with E-state index in [1.807, 2.05) is 31.2 Å². The van der Waals surface area contributed by atoms with Crippen molar-refractivity contribution >= 4 is 21.8 Å². The zero-order valence-corrected chi connectivity index (χ0v) is 14.1. The second-order valence-corrected chi connectivity index (χ2v) is 6.37. The molecular weight excluding hydrogens is 318 g/mol. The molecule has 0 aliphatic carbocycles. The van der Waals surface area contributed by atoms with E-state index in [1.54, 1.807) is 0 Å². The Morgan fingerprint density at radius 3 is 2.60 bits per heavy atom. The van der Waals surface area contributed by atoms with Gasteiger partial charge >= 0.3 is 0 Å². The number of ether oxygens (including phenoxy) is 1. The summed E-state index contributed by atoms with van der Waals surface area (Å²) in [6.07, 6.45) is 3.36. The molecular formula is C16H24BrNO2. The average molecular weight is 342 g/mol. The van der Waals surface area contributed by atoms with Crippen molar-refractivity contribution in [3.8, 4) is 5.75 Å². The molecule has 0 spiro atoms. The zero-order valence-electron chi connectivity index (χ0n) is 12.5. The second kappa shape index (κ2) is 9.01. The molecule has 4 heteroatoms. The Balaban J connectivity index is 2.24. The number of carbonyl (C=O) groups excluding carboxylic acids is 1. The van der Waals surface area contributed by atoms with Gasteiger partial charge < -0.3 is 10.1 Å². The number of hydrogen-bond donors (Lipinski definition) is 1. The summed E-state index contributed by atoms with van der Waals surface area (Å²) >= 11 is 3.39. The van der Waals surface area contributed by atoms with Crippen LogP contribution in [0, 0.1) is 5.92 Å². The summed E-state index contributed by atoms with van der Waals surface area (Å²) in [7, 11) is 0. The molecule has 0 aliphatic rings. The van der Waals surface area contributed by atoms with Gasteiger partial charge in [0.05, 0.1) is 4.47 Å². The molecule has 0 aromatic heterocycles. The van der Waals surface area contributed by atoms with Gasteiger partial charge in [-0.25, -0.2) is 0 Å². The Morgan fingerprint density at radius 2 is 1.95 bits per heavy atom. The van der Waals surface area contributed by atoms with E-state index < -0.39 is 0 Å². The lowest BCUT2D eigenvalue weighted by Gasteiger charge is -2.15. The highest BCUT2D eigenvalue weighted by molar-refractivity contribution is 9.10. The molecule has 20 heavy (non-hydrogen) atoms. The van der Waals surface area contributed by atoms with E-state index >= 15 is 0 Å². The summed E-state index contributed by atoms with van der Waals surface area (Å²) in [5.74, 6) is 1.34. The summed E-state index contributed by atoms with van der Waals surface area (Å²) in [6.45, 7) is 6.53. The summed E-state index contributed by atoms with van der Waals surface area (Å²) in [5.41, 5.74) is 0. The predicted octanol–water partition coefficient (Wildman–Crippen LogP) is 4.16. The van der Waals surface area contributed by atoms with Crippen LogP contribution in [0.4, 0.5) is 0 Å². The third-order valence-corrected chi connectivity index (χ3v) is 3.68. The van der Waals surface area contributed by atoms with Crippen molar-refractivity contribution in [3.63, 3.8) is 0 Å². The molecule has 0 bridgehead atoms. The molecule has 0 aliphatic heterocycles. The highest BCUT2D eigenvalue weighted by atomic mass is 79.9. The van der Waals surface area contributed by atoms with Crippen LogP contribution in [0.5, 0.6) is 5.75 Å². The highest BCUT2D eigenvalue weighted by Crippen LogP contribution is 2.23. The van der Waals surface area contributed by atoms with Crippen LogP contribution in [-0.4, -0.2) is 18.6 Å². The maximum Gasteiger partial charge on any atom is 0.258 e. The third kappa shape index (κ3) is 6.94. The fraction of sp³-hybridized carbons (Fsp3) is 0.562. The molecule has 112 valence electrons. The van der Waals surface area contributed by atoms with E-state index in [9.17, 15) is 4.79 Å². The lowest BCUT2D eigenvalue weighted by atomic mass is 10.0. The first kappa shape index (κ1) is 17.0.